The lowest BCUT2D eigenvalue weighted by Gasteiger charge is -2.05. The zero-order valence-electron chi connectivity index (χ0n) is 10.9. The third kappa shape index (κ3) is 3.21. The number of hydrazone groups is 1. The molecule has 0 saturated heterocycles. The number of rotatable bonds is 3. The Balaban J connectivity index is 2.17. The number of hydrogen-bond donors (Lipinski definition) is 1. The van der Waals surface area contributed by atoms with Gasteiger partial charge in [-0.15, -0.1) is 0 Å². The molecular weight excluding hydrogens is 299 g/mol. The molecule has 104 valence electrons. The highest BCUT2D eigenvalue weighted by molar-refractivity contribution is 6.36. The summed E-state index contributed by atoms with van der Waals surface area (Å²) in [7, 11) is 0. The first-order valence-corrected chi connectivity index (χ1v) is 6.59. The summed E-state index contributed by atoms with van der Waals surface area (Å²) in [5.74, 6) is 0.199. The molecule has 1 aromatic heterocycles. The van der Waals surface area contributed by atoms with Gasteiger partial charge in [0.15, 0.2) is 0 Å². The van der Waals surface area contributed by atoms with Gasteiger partial charge in [0.25, 0.3) is 5.91 Å². The second kappa shape index (κ2) is 6.11. The van der Waals surface area contributed by atoms with Crippen molar-refractivity contribution in [1.82, 2.24) is 5.43 Å². The van der Waals surface area contributed by atoms with E-state index in [1.807, 2.05) is 0 Å². The summed E-state index contributed by atoms with van der Waals surface area (Å²) in [5.41, 5.74) is 4.13. The SMILES string of the molecule is CC(=NNC(=O)c1ccoc1C)c1cc(Cl)ccc1Cl. The average molecular weight is 311 g/mol. The molecule has 0 bridgehead atoms. The van der Waals surface area contributed by atoms with E-state index in [-0.39, 0.29) is 5.91 Å². The summed E-state index contributed by atoms with van der Waals surface area (Å²) in [6, 6.07) is 6.65. The molecule has 0 radical (unpaired) electrons. The molecule has 1 aromatic carbocycles. The lowest BCUT2D eigenvalue weighted by Crippen LogP contribution is -2.19. The van der Waals surface area contributed by atoms with Crippen LogP contribution in [0.15, 0.2) is 40.0 Å². The highest BCUT2D eigenvalue weighted by Gasteiger charge is 2.11. The fraction of sp³-hybridized carbons (Fsp3) is 0.143. The standard InChI is InChI=1S/C14H12Cl2N2O2/c1-8(12-7-10(15)3-4-13(12)16)17-18-14(19)11-5-6-20-9(11)2/h3-7H,1-2H3,(H,18,19). The van der Waals surface area contributed by atoms with E-state index in [2.05, 4.69) is 10.5 Å². The topological polar surface area (TPSA) is 54.6 Å². The molecule has 0 aliphatic heterocycles. The second-order valence-electron chi connectivity index (χ2n) is 4.15. The molecule has 0 saturated carbocycles. The maximum atomic E-state index is 11.9. The van der Waals surface area contributed by atoms with E-state index in [1.54, 1.807) is 38.1 Å². The third-order valence-electron chi connectivity index (χ3n) is 2.75. The first-order chi connectivity index (χ1) is 9.49. The number of hydrogen-bond acceptors (Lipinski definition) is 3. The number of furan rings is 1. The molecule has 2 aromatic rings. The van der Waals surface area contributed by atoms with Gasteiger partial charge in [0, 0.05) is 15.6 Å². The van der Waals surface area contributed by atoms with E-state index in [0.717, 1.165) is 0 Å². The number of nitrogens with one attached hydrogen (secondary N) is 1. The van der Waals surface area contributed by atoms with Crippen molar-refractivity contribution in [2.45, 2.75) is 13.8 Å². The van der Waals surface area contributed by atoms with Gasteiger partial charge in [-0.25, -0.2) is 5.43 Å². The van der Waals surface area contributed by atoms with Crippen LogP contribution in [0.2, 0.25) is 10.0 Å². The van der Waals surface area contributed by atoms with E-state index in [9.17, 15) is 4.79 Å². The van der Waals surface area contributed by atoms with Gasteiger partial charge in [-0.1, -0.05) is 23.2 Å². The first kappa shape index (κ1) is 14.6. The van der Waals surface area contributed by atoms with E-state index < -0.39 is 0 Å². The smallest absolute Gasteiger partial charge is 0.274 e. The summed E-state index contributed by atoms with van der Waals surface area (Å²) in [6.45, 7) is 3.44. The lowest BCUT2D eigenvalue weighted by molar-refractivity contribution is 0.0953. The number of nitrogens with zero attached hydrogens (tertiary/aromatic N) is 1. The first-order valence-electron chi connectivity index (χ1n) is 5.83. The van der Waals surface area contributed by atoms with Gasteiger partial charge in [0.1, 0.15) is 5.76 Å². The van der Waals surface area contributed by atoms with Gasteiger partial charge in [0.2, 0.25) is 0 Å². The molecule has 0 aliphatic carbocycles. The van der Waals surface area contributed by atoms with Gasteiger partial charge in [-0.3, -0.25) is 4.79 Å². The van der Waals surface area contributed by atoms with Crippen molar-refractivity contribution in [3.05, 3.63) is 57.5 Å². The molecule has 0 aliphatic rings. The van der Waals surface area contributed by atoms with Crippen LogP contribution in [0.5, 0.6) is 0 Å². The zero-order valence-corrected chi connectivity index (χ0v) is 12.4. The Bertz CT molecular complexity index is 678. The summed E-state index contributed by atoms with van der Waals surface area (Å²) < 4.78 is 5.06. The molecule has 0 spiro atoms. The van der Waals surface area contributed by atoms with Crippen LogP contribution in [0.1, 0.15) is 28.6 Å². The Morgan fingerprint density at radius 2 is 2.00 bits per heavy atom. The predicted molar refractivity (Wildman–Crippen MR) is 79.6 cm³/mol. The Hall–Kier alpha value is -1.78. The Kier molecular flexibility index (Phi) is 4.47. The molecule has 1 amide bonds. The quantitative estimate of drug-likeness (QED) is 0.687. The van der Waals surface area contributed by atoms with Gasteiger partial charge in [-0.05, 0) is 38.1 Å². The predicted octanol–water partition coefficient (Wildman–Crippen LogP) is 4.05. The van der Waals surface area contributed by atoms with Crippen molar-refractivity contribution in [3.8, 4) is 0 Å². The largest absolute Gasteiger partial charge is 0.469 e. The van der Waals surface area contributed by atoms with E-state index in [0.29, 0.717) is 32.6 Å². The maximum Gasteiger partial charge on any atom is 0.274 e. The number of halogens is 2. The molecule has 0 unspecified atom stereocenters. The number of amides is 1. The van der Waals surface area contributed by atoms with E-state index in [1.165, 1.54) is 6.26 Å². The van der Waals surface area contributed by atoms with Crippen molar-refractivity contribution in [3.63, 3.8) is 0 Å². The van der Waals surface area contributed by atoms with Gasteiger partial charge in [0.05, 0.1) is 17.5 Å². The van der Waals surface area contributed by atoms with Crippen LogP contribution in [0, 0.1) is 6.92 Å². The number of carbonyl (C=O) groups excluding carboxylic acids is 1. The Morgan fingerprint density at radius 3 is 2.65 bits per heavy atom. The van der Waals surface area contributed by atoms with Crippen LogP contribution in [-0.2, 0) is 0 Å². The van der Waals surface area contributed by atoms with Crippen LogP contribution < -0.4 is 5.43 Å². The summed E-state index contributed by atoms with van der Waals surface area (Å²) >= 11 is 12.0. The molecular formula is C14H12Cl2N2O2. The molecule has 0 atom stereocenters. The van der Waals surface area contributed by atoms with Crippen molar-refractivity contribution in [2.75, 3.05) is 0 Å². The Labute approximate surface area is 126 Å². The minimum Gasteiger partial charge on any atom is -0.469 e. The van der Waals surface area contributed by atoms with Crippen LogP contribution >= 0.6 is 23.2 Å². The van der Waals surface area contributed by atoms with Crippen LogP contribution in [-0.4, -0.2) is 11.6 Å². The van der Waals surface area contributed by atoms with Crippen molar-refractivity contribution < 1.29 is 9.21 Å². The summed E-state index contributed by atoms with van der Waals surface area (Å²) in [6.07, 6.45) is 1.45. The molecule has 20 heavy (non-hydrogen) atoms. The number of carbonyl (C=O) groups is 1. The van der Waals surface area contributed by atoms with Gasteiger partial charge >= 0.3 is 0 Å². The molecule has 4 nitrogen and oxygen atoms in total. The van der Waals surface area contributed by atoms with Crippen LogP contribution in [0.25, 0.3) is 0 Å². The lowest BCUT2D eigenvalue weighted by atomic mass is 10.1. The normalized spacial score (nSPS) is 11.5. The zero-order chi connectivity index (χ0) is 14.7. The fourth-order valence-electron chi connectivity index (χ4n) is 1.65. The monoisotopic (exact) mass is 310 g/mol. The summed E-state index contributed by atoms with van der Waals surface area (Å²) in [4.78, 5) is 11.9. The third-order valence-corrected chi connectivity index (χ3v) is 3.31. The van der Waals surface area contributed by atoms with E-state index in [4.69, 9.17) is 27.6 Å². The minimum absolute atomic E-state index is 0.339. The molecule has 6 heteroatoms. The van der Waals surface area contributed by atoms with Crippen molar-refractivity contribution in [2.24, 2.45) is 5.10 Å². The molecule has 2 rings (SSSR count). The van der Waals surface area contributed by atoms with Crippen LogP contribution in [0.3, 0.4) is 0 Å². The maximum absolute atomic E-state index is 11.9. The number of aryl methyl sites for hydroxylation is 1. The van der Waals surface area contributed by atoms with Gasteiger partial charge in [-0.2, -0.15) is 5.10 Å². The second-order valence-corrected chi connectivity index (χ2v) is 5.00. The molecule has 1 heterocycles. The van der Waals surface area contributed by atoms with Gasteiger partial charge < -0.3 is 4.42 Å². The van der Waals surface area contributed by atoms with Crippen molar-refractivity contribution >= 4 is 34.8 Å². The number of benzene rings is 1. The average Bonchev–Trinajstić information content (AvgIpc) is 2.84. The van der Waals surface area contributed by atoms with Crippen molar-refractivity contribution in [1.29, 1.82) is 0 Å². The highest BCUT2D eigenvalue weighted by atomic mass is 35.5. The summed E-state index contributed by atoms with van der Waals surface area (Å²) in [5, 5.41) is 5.10. The molecule has 1 N–H and O–H groups in total. The highest BCUT2D eigenvalue weighted by Crippen LogP contribution is 2.21. The fourth-order valence-corrected chi connectivity index (χ4v) is 2.08. The molecule has 0 fully saturated rings. The minimum atomic E-state index is -0.339. The van der Waals surface area contributed by atoms with E-state index >= 15 is 0 Å². The van der Waals surface area contributed by atoms with Crippen LogP contribution in [0.4, 0.5) is 0 Å². The Morgan fingerprint density at radius 1 is 1.25 bits per heavy atom.